The Morgan fingerprint density at radius 2 is 1.67 bits per heavy atom. The maximum Gasteiger partial charge on any atom is 0.311 e. The number of cyclic esters (lactones) is 1. The van der Waals surface area contributed by atoms with Crippen LogP contribution in [0.2, 0.25) is 0 Å². The fourth-order valence-electron chi connectivity index (χ4n) is 6.78. The number of aliphatic hydroxyl groups is 4. The number of hydrogen-bond donors (Lipinski definition) is 4. The van der Waals surface area contributed by atoms with Crippen molar-refractivity contribution < 1.29 is 49.0 Å². The van der Waals surface area contributed by atoms with Crippen LogP contribution in [0.1, 0.15) is 72.4 Å². The summed E-state index contributed by atoms with van der Waals surface area (Å²) in [5, 5.41) is 45.6. The highest BCUT2D eigenvalue weighted by atomic mass is 16.7. The zero-order valence-electron chi connectivity index (χ0n) is 29.7. The highest BCUT2D eigenvalue weighted by molar-refractivity contribution is 5.92. The van der Waals surface area contributed by atoms with Crippen LogP contribution in [0.15, 0.2) is 36.4 Å². The van der Waals surface area contributed by atoms with Crippen LogP contribution in [0.25, 0.3) is 0 Å². The van der Waals surface area contributed by atoms with Gasteiger partial charge in [0.25, 0.3) is 0 Å². The third-order valence-electron chi connectivity index (χ3n) is 10.3. The molecule has 2 heterocycles. The Balaban J connectivity index is 2.00. The van der Waals surface area contributed by atoms with E-state index in [1.54, 1.807) is 20.8 Å². The van der Waals surface area contributed by atoms with Gasteiger partial charge in [-0.15, -0.1) is 6.42 Å². The molecule has 11 nitrogen and oxygen atoms in total. The van der Waals surface area contributed by atoms with Crippen LogP contribution in [0.5, 0.6) is 0 Å². The minimum Gasteiger partial charge on any atom is -0.459 e. The van der Waals surface area contributed by atoms with Gasteiger partial charge in [0.15, 0.2) is 12.1 Å². The van der Waals surface area contributed by atoms with Crippen LogP contribution in [0.3, 0.4) is 0 Å². The number of benzene rings is 1. The van der Waals surface area contributed by atoms with Crippen molar-refractivity contribution in [2.75, 3.05) is 14.2 Å². The third kappa shape index (κ3) is 8.73. The van der Waals surface area contributed by atoms with Crippen molar-refractivity contribution in [3.63, 3.8) is 0 Å². The second kappa shape index (κ2) is 16.4. The van der Waals surface area contributed by atoms with E-state index in [0.717, 1.165) is 11.1 Å². The molecule has 0 unspecified atom stereocenters. The van der Waals surface area contributed by atoms with Crippen LogP contribution < -0.4 is 0 Å². The summed E-state index contributed by atoms with van der Waals surface area (Å²) in [4.78, 5) is 28.7. The molecule has 1 aromatic rings. The largest absolute Gasteiger partial charge is 0.459 e. The number of allylic oxidation sites excluding steroid dienone is 1. The van der Waals surface area contributed by atoms with Crippen LogP contribution in [0.4, 0.5) is 0 Å². The van der Waals surface area contributed by atoms with Crippen molar-refractivity contribution >= 4 is 11.8 Å². The van der Waals surface area contributed by atoms with E-state index in [0.29, 0.717) is 13.0 Å². The summed E-state index contributed by atoms with van der Waals surface area (Å²) in [6.45, 7) is 11.7. The molecule has 48 heavy (non-hydrogen) atoms. The molecule has 0 aliphatic carbocycles. The molecule has 268 valence electrons. The summed E-state index contributed by atoms with van der Waals surface area (Å²) in [6, 6.07) is 7.25. The van der Waals surface area contributed by atoms with Gasteiger partial charge in [-0.2, -0.15) is 0 Å². The first-order chi connectivity index (χ1) is 22.4. The SMILES string of the molecule is C#Cc1ccc(CN(C)[C@H]2C[C@@H](C)O[C@@H](O[C@@H]3[C@@H](C)[C@H](O)[C@@H](C)C(=O)O[C@H](CC)[C@@](C)(O)[C@H](O)[C@@H](C)C(=O)/C=C/[C@@]3(C)OC)[C@H]2O)cc1. The lowest BCUT2D eigenvalue weighted by Crippen LogP contribution is -2.59. The van der Waals surface area contributed by atoms with Gasteiger partial charge in [-0.25, -0.2) is 0 Å². The lowest BCUT2D eigenvalue weighted by molar-refractivity contribution is -0.296. The van der Waals surface area contributed by atoms with Crippen molar-refractivity contribution in [2.24, 2.45) is 17.8 Å². The number of methoxy groups -OCH3 is 1. The molecule has 1 saturated heterocycles. The van der Waals surface area contributed by atoms with Gasteiger partial charge in [0.2, 0.25) is 0 Å². The number of ketones is 1. The van der Waals surface area contributed by atoms with Gasteiger partial charge >= 0.3 is 5.97 Å². The topological polar surface area (TPSA) is 155 Å². The number of esters is 1. The Morgan fingerprint density at radius 3 is 2.23 bits per heavy atom. The molecule has 2 aliphatic heterocycles. The van der Waals surface area contributed by atoms with Crippen molar-refractivity contribution in [1.82, 2.24) is 4.90 Å². The highest BCUT2D eigenvalue weighted by Crippen LogP contribution is 2.36. The highest BCUT2D eigenvalue weighted by Gasteiger charge is 2.50. The zero-order valence-corrected chi connectivity index (χ0v) is 29.7. The summed E-state index contributed by atoms with van der Waals surface area (Å²) in [7, 11) is 3.33. The maximum atomic E-state index is 13.4. The first kappa shape index (κ1) is 39.8. The molecule has 13 atom stereocenters. The van der Waals surface area contributed by atoms with E-state index < -0.39 is 77.5 Å². The standard InChI is InChI=1S/C37H55NO10/c1-11-25-13-15-26(16-14-25)20-38(9)27-19-21(3)46-35(31(27)41)48-33-23(5)30(40)24(6)34(43)47-29(12-2)37(8,44)32(42)22(4)28(39)17-18-36(33,7)45-10/h1,13-18,21-24,27,29-33,35,40-42,44H,12,19-20H2,2-10H3/b18-17+/t21-,22+,23+,24-,27+,29-,30+,31+,32-,33-,35+,36-,37-/m1/s1. The van der Waals surface area contributed by atoms with Crippen LogP contribution in [-0.4, -0.2) is 111 Å². The molecule has 4 N–H and O–H groups in total. The molecule has 1 fully saturated rings. The predicted octanol–water partition coefficient (Wildman–Crippen LogP) is 2.60. The van der Waals surface area contributed by atoms with E-state index in [4.69, 9.17) is 25.4 Å². The van der Waals surface area contributed by atoms with Crippen molar-refractivity contribution in [2.45, 2.75) is 128 Å². The van der Waals surface area contributed by atoms with Crippen molar-refractivity contribution in [3.05, 3.63) is 47.5 Å². The van der Waals surface area contributed by atoms with Gasteiger partial charge < -0.3 is 39.4 Å². The van der Waals surface area contributed by atoms with Crippen molar-refractivity contribution in [1.29, 1.82) is 0 Å². The predicted molar refractivity (Wildman–Crippen MR) is 179 cm³/mol. The number of rotatable bonds is 7. The van der Waals surface area contributed by atoms with Gasteiger partial charge in [-0.1, -0.05) is 38.8 Å². The normalized spacial score (nSPS) is 40.9. The zero-order chi connectivity index (χ0) is 36.1. The molecule has 2 aliphatic rings. The molecule has 0 amide bonds. The average molecular weight is 674 g/mol. The Hall–Kier alpha value is -2.66. The number of ether oxygens (including phenoxy) is 4. The first-order valence-corrected chi connectivity index (χ1v) is 16.7. The number of aliphatic hydroxyl groups excluding tert-OH is 3. The fourth-order valence-corrected chi connectivity index (χ4v) is 6.78. The number of likely N-dealkylation sites (N-methyl/N-ethyl adjacent to an activating group) is 1. The minimum absolute atomic E-state index is 0.152. The van der Waals surface area contributed by atoms with E-state index in [9.17, 15) is 30.0 Å². The molecule has 11 heteroatoms. The van der Waals surface area contributed by atoms with E-state index in [-0.39, 0.29) is 18.6 Å². The summed E-state index contributed by atoms with van der Waals surface area (Å²) in [5.74, 6) is -1.69. The molecule has 0 aromatic heterocycles. The summed E-state index contributed by atoms with van der Waals surface area (Å²) >= 11 is 0. The van der Waals surface area contributed by atoms with E-state index >= 15 is 0 Å². The first-order valence-electron chi connectivity index (χ1n) is 16.7. The average Bonchev–Trinajstić information content (AvgIpc) is 3.07. The summed E-state index contributed by atoms with van der Waals surface area (Å²) in [5.41, 5.74) is -1.57. The van der Waals surface area contributed by atoms with Crippen LogP contribution >= 0.6 is 0 Å². The number of carbonyl (C=O) groups is 2. The third-order valence-corrected chi connectivity index (χ3v) is 10.3. The van der Waals surface area contributed by atoms with E-state index in [2.05, 4.69) is 5.92 Å². The van der Waals surface area contributed by atoms with Gasteiger partial charge in [0.1, 0.15) is 23.4 Å². The molecular formula is C37H55NO10. The fraction of sp³-hybridized carbons (Fsp3) is 0.676. The molecule has 3 rings (SSSR count). The maximum absolute atomic E-state index is 13.4. The number of carbonyl (C=O) groups excluding carboxylic acids is 2. The van der Waals surface area contributed by atoms with E-state index in [1.807, 2.05) is 43.1 Å². The van der Waals surface area contributed by atoms with Crippen molar-refractivity contribution in [3.8, 4) is 12.3 Å². The van der Waals surface area contributed by atoms with Crippen LogP contribution in [0, 0.1) is 30.1 Å². The lowest BCUT2D eigenvalue weighted by atomic mass is 9.79. The molecule has 0 bridgehead atoms. The number of nitrogens with zero attached hydrogens (tertiary/aromatic N) is 1. The second-order valence-electron chi connectivity index (χ2n) is 14.0. The quantitative estimate of drug-likeness (QED) is 0.249. The lowest BCUT2D eigenvalue weighted by Gasteiger charge is -2.47. The minimum atomic E-state index is -1.95. The van der Waals surface area contributed by atoms with E-state index in [1.165, 1.54) is 40.0 Å². The molecule has 0 radical (unpaired) electrons. The second-order valence-corrected chi connectivity index (χ2v) is 14.0. The molecule has 0 saturated carbocycles. The molecular weight excluding hydrogens is 618 g/mol. The Bertz CT molecular complexity index is 1310. The number of terminal acetylenes is 1. The summed E-state index contributed by atoms with van der Waals surface area (Å²) < 4.78 is 24.3. The van der Waals surface area contributed by atoms with Gasteiger partial charge in [-0.3, -0.25) is 14.5 Å². The van der Waals surface area contributed by atoms with Crippen LogP contribution in [-0.2, 0) is 35.1 Å². The Morgan fingerprint density at radius 1 is 1.04 bits per heavy atom. The smallest absolute Gasteiger partial charge is 0.311 e. The molecule has 1 aromatic carbocycles. The molecule has 0 spiro atoms. The van der Waals surface area contributed by atoms with Gasteiger partial charge in [0.05, 0.1) is 30.3 Å². The Kier molecular flexibility index (Phi) is 13.6. The van der Waals surface area contributed by atoms with Gasteiger partial charge in [0, 0.05) is 37.1 Å². The van der Waals surface area contributed by atoms with Gasteiger partial charge in [-0.05, 0) is 77.4 Å². The number of hydrogen-bond acceptors (Lipinski definition) is 11. The Labute approximate surface area is 285 Å². The summed E-state index contributed by atoms with van der Waals surface area (Å²) in [6.07, 6.45) is 1.18. The monoisotopic (exact) mass is 673 g/mol.